The van der Waals surface area contributed by atoms with E-state index in [0.717, 1.165) is 30.3 Å². The highest BCUT2D eigenvalue weighted by Crippen LogP contribution is 2.18. The van der Waals surface area contributed by atoms with Crippen LogP contribution in [0.1, 0.15) is 15.9 Å². The Kier molecular flexibility index (Phi) is 4.23. The van der Waals surface area contributed by atoms with Crippen molar-refractivity contribution in [3.8, 4) is 0 Å². The first-order valence-electron chi connectivity index (χ1n) is 5.74. The third-order valence-electron chi connectivity index (χ3n) is 2.68. The van der Waals surface area contributed by atoms with Crippen LogP contribution in [-0.4, -0.2) is 10.9 Å². The fourth-order valence-corrected chi connectivity index (χ4v) is 1.83. The van der Waals surface area contributed by atoms with E-state index in [4.69, 9.17) is 18.0 Å². The molecule has 0 aliphatic heterocycles. The second-order valence-corrected chi connectivity index (χ2v) is 4.58. The SMILES string of the molecule is NC(=S)c1cc(F)ccc1NC(=O)c1ccc(F)c(F)c1. The Morgan fingerprint density at radius 1 is 1.05 bits per heavy atom. The lowest BCUT2D eigenvalue weighted by Crippen LogP contribution is -2.18. The van der Waals surface area contributed by atoms with Crippen LogP contribution in [-0.2, 0) is 0 Å². The molecule has 0 unspecified atom stereocenters. The summed E-state index contributed by atoms with van der Waals surface area (Å²) in [6.07, 6.45) is 0. The van der Waals surface area contributed by atoms with E-state index >= 15 is 0 Å². The van der Waals surface area contributed by atoms with E-state index in [1.807, 2.05) is 0 Å². The Morgan fingerprint density at radius 3 is 2.38 bits per heavy atom. The van der Waals surface area contributed by atoms with Crippen molar-refractivity contribution < 1.29 is 18.0 Å². The quantitative estimate of drug-likeness (QED) is 0.857. The lowest BCUT2D eigenvalue weighted by atomic mass is 10.1. The molecule has 3 N–H and O–H groups in total. The number of anilines is 1. The predicted octanol–water partition coefficient (Wildman–Crippen LogP) is 2.99. The van der Waals surface area contributed by atoms with Crippen molar-refractivity contribution in [2.24, 2.45) is 5.73 Å². The van der Waals surface area contributed by atoms with Gasteiger partial charge in [0.25, 0.3) is 5.91 Å². The smallest absolute Gasteiger partial charge is 0.255 e. The summed E-state index contributed by atoms with van der Waals surface area (Å²) in [6, 6.07) is 6.18. The number of halogens is 3. The van der Waals surface area contributed by atoms with Crippen LogP contribution in [0.15, 0.2) is 36.4 Å². The maximum absolute atomic E-state index is 13.1. The number of carbonyl (C=O) groups is 1. The topological polar surface area (TPSA) is 55.1 Å². The van der Waals surface area contributed by atoms with Crippen LogP contribution >= 0.6 is 12.2 Å². The highest BCUT2D eigenvalue weighted by Gasteiger charge is 2.13. The Hall–Kier alpha value is -2.41. The maximum atomic E-state index is 13.1. The summed E-state index contributed by atoms with van der Waals surface area (Å²) in [4.78, 5) is 11.9. The normalized spacial score (nSPS) is 10.2. The summed E-state index contributed by atoms with van der Waals surface area (Å²) >= 11 is 4.77. The van der Waals surface area contributed by atoms with Gasteiger partial charge in [-0.15, -0.1) is 0 Å². The molecule has 0 heterocycles. The largest absolute Gasteiger partial charge is 0.389 e. The van der Waals surface area contributed by atoms with E-state index in [-0.39, 0.29) is 21.8 Å². The second kappa shape index (κ2) is 5.92. The lowest BCUT2D eigenvalue weighted by molar-refractivity contribution is 0.102. The predicted molar refractivity (Wildman–Crippen MR) is 76.6 cm³/mol. The zero-order chi connectivity index (χ0) is 15.6. The molecule has 2 rings (SSSR count). The van der Waals surface area contributed by atoms with Crippen LogP contribution in [0.4, 0.5) is 18.9 Å². The van der Waals surface area contributed by atoms with Gasteiger partial charge in [0, 0.05) is 11.1 Å². The molecule has 3 nitrogen and oxygen atoms in total. The van der Waals surface area contributed by atoms with Crippen LogP contribution < -0.4 is 11.1 Å². The minimum Gasteiger partial charge on any atom is -0.389 e. The monoisotopic (exact) mass is 310 g/mol. The van der Waals surface area contributed by atoms with Gasteiger partial charge >= 0.3 is 0 Å². The third-order valence-corrected chi connectivity index (χ3v) is 2.90. The molecule has 0 aliphatic carbocycles. The molecule has 0 aromatic heterocycles. The van der Waals surface area contributed by atoms with Gasteiger partial charge in [0.05, 0.1) is 5.69 Å². The van der Waals surface area contributed by atoms with E-state index in [9.17, 15) is 18.0 Å². The van der Waals surface area contributed by atoms with E-state index in [0.29, 0.717) is 0 Å². The van der Waals surface area contributed by atoms with Crippen LogP contribution in [0.25, 0.3) is 0 Å². The number of thiocarbonyl (C=S) groups is 1. The summed E-state index contributed by atoms with van der Waals surface area (Å²) in [5.41, 5.74) is 5.67. The van der Waals surface area contributed by atoms with Crippen molar-refractivity contribution >= 4 is 28.8 Å². The molecular formula is C14H9F3N2OS. The number of carbonyl (C=O) groups excluding carboxylic acids is 1. The first-order valence-corrected chi connectivity index (χ1v) is 6.15. The molecule has 0 radical (unpaired) electrons. The third kappa shape index (κ3) is 3.38. The minimum absolute atomic E-state index is 0.0906. The Labute approximate surface area is 123 Å². The molecule has 0 atom stereocenters. The van der Waals surface area contributed by atoms with Crippen LogP contribution in [0.3, 0.4) is 0 Å². The number of benzene rings is 2. The number of amides is 1. The van der Waals surface area contributed by atoms with Gasteiger partial charge in [0.2, 0.25) is 0 Å². The molecule has 0 saturated carbocycles. The Morgan fingerprint density at radius 2 is 1.76 bits per heavy atom. The van der Waals surface area contributed by atoms with Crippen LogP contribution in [0, 0.1) is 17.5 Å². The van der Waals surface area contributed by atoms with Gasteiger partial charge in [0.1, 0.15) is 10.8 Å². The standard InChI is InChI=1S/C14H9F3N2OS/c15-8-2-4-12(9(6-8)13(18)21)19-14(20)7-1-3-10(16)11(17)5-7/h1-6H,(H2,18,21)(H,19,20). The molecule has 108 valence electrons. The highest BCUT2D eigenvalue weighted by molar-refractivity contribution is 7.80. The van der Waals surface area contributed by atoms with Gasteiger partial charge < -0.3 is 11.1 Å². The van der Waals surface area contributed by atoms with E-state index in [1.54, 1.807) is 0 Å². The van der Waals surface area contributed by atoms with Crippen LogP contribution in [0.2, 0.25) is 0 Å². The molecule has 0 saturated heterocycles. The van der Waals surface area contributed by atoms with E-state index in [2.05, 4.69) is 5.32 Å². The number of nitrogens with two attached hydrogens (primary N) is 1. The average Bonchev–Trinajstić information content (AvgIpc) is 2.43. The van der Waals surface area contributed by atoms with Gasteiger partial charge in [-0.3, -0.25) is 4.79 Å². The molecule has 21 heavy (non-hydrogen) atoms. The number of nitrogens with one attached hydrogen (secondary N) is 1. The molecule has 0 aliphatic rings. The summed E-state index contributed by atoms with van der Waals surface area (Å²) in [5.74, 6) is -3.46. The molecular weight excluding hydrogens is 301 g/mol. The van der Waals surface area contributed by atoms with Crippen molar-refractivity contribution in [1.29, 1.82) is 0 Å². The fraction of sp³-hybridized carbons (Fsp3) is 0. The van der Waals surface area contributed by atoms with Crippen molar-refractivity contribution in [2.75, 3.05) is 5.32 Å². The van der Waals surface area contributed by atoms with Gasteiger partial charge in [0.15, 0.2) is 11.6 Å². The maximum Gasteiger partial charge on any atom is 0.255 e. The minimum atomic E-state index is -1.14. The molecule has 2 aromatic rings. The Bertz CT molecular complexity index is 734. The lowest BCUT2D eigenvalue weighted by Gasteiger charge is -2.10. The van der Waals surface area contributed by atoms with Gasteiger partial charge in [-0.25, -0.2) is 13.2 Å². The van der Waals surface area contributed by atoms with Gasteiger partial charge in [-0.2, -0.15) is 0 Å². The molecule has 0 fully saturated rings. The van der Waals surface area contributed by atoms with Crippen molar-refractivity contribution in [2.45, 2.75) is 0 Å². The number of hydrogen-bond acceptors (Lipinski definition) is 2. The van der Waals surface area contributed by atoms with Crippen LogP contribution in [0.5, 0.6) is 0 Å². The number of rotatable bonds is 3. The fourth-order valence-electron chi connectivity index (χ4n) is 1.66. The van der Waals surface area contributed by atoms with E-state index in [1.165, 1.54) is 6.07 Å². The summed E-state index contributed by atoms with van der Waals surface area (Å²) in [6.45, 7) is 0. The van der Waals surface area contributed by atoms with Crippen molar-refractivity contribution in [1.82, 2.24) is 0 Å². The average molecular weight is 310 g/mol. The van der Waals surface area contributed by atoms with E-state index < -0.39 is 23.4 Å². The zero-order valence-corrected chi connectivity index (χ0v) is 11.3. The second-order valence-electron chi connectivity index (χ2n) is 4.14. The van der Waals surface area contributed by atoms with Gasteiger partial charge in [-0.1, -0.05) is 12.2 Å². The summed E-state index contributed by atoms with van der Waals surface area (Å²) in [7, 11) is 0. The zero-order valence-electron chi connectivity index (χ0n) is 10.5. The van der Waals surface area contributed by atoms with Crippen molar-refractivity contribution in [3.63, 3.8) is 0 Å². The first kappa shape index (κ1) is 15.0. The first-order chi connectivity index (χ1) is 9.88. The Balaban J connectivity index is 2.31. The van der Waals surface area contributed by atoms with Gasteiger partial charge in [-0.05, 0) is 36.4 Å². The molecule has 1 amide bonds. The summed E-state index contributed by atoms with van der Waals surface area (Å²) < 4.78 is 39.1. The molecule has 0 bridgehead atoms. The molecule has 0 spiro atoms. The number of hydrogen-bond donors (Lipinski definition) is 2. The molecule has 2 aromatic carbocycles. The summed E-state index contributed by atoms with van der Waals surface area (Å²) in [5, 5.41) is 2.42. The van der Waals surface area contributed by atoms with Crippen molar-refractivity contribution in [3.05, 3.63) is 65.0 Å². The highest BCUT2D eigenvalue weighted by atomic mass is 32.1. The molecule has 7 heteroatoms.